The first-order valence-corrected chi connectivity index (χ1v) is 14.5. The molecule has 192 valence electrons. The van der Waals surface area contributed by atoms with Crippen LogP contribution in [0.4, 0.5) is 0 Å². The van der Waals surface area contributed by atoms with Gasteiger partial charge in [-0.3, -0.25) is 4.79 Å². The van der Waals surface area contributed by atoms with E-state index in [-0.39, 0.29) is 11.9 Å². The SMILES string of the molecule is CCCCCCOc1ccc(OC(=O)[C@H]2CC[C@H]([C@H]3CC[C@H](CCCCCC)CC3)CC2)cn1. The Hall–Kier alpha value is -1.58. The quantitative estimate of drug-likeness (QED) is 0.201. The van der Waals surface area contributed by atoms with Crippen LogP contribution < -0.4 is 9.47 Å². The summed E-state index contributed by atoms with van der Waals surface area (Å²) in [4.78, 5) is 17.0. The summed E-state index contributed by atoms with van der Waals surface area (Å²) < 4.78 is 11.3. The average Bonchev–Trinajstić information content (AvgIpc) is 2.88. The van der Waals surface area contributed by atoms with Crippen molar-refractivity contribution in [1.82, 2.24) is 4.98 Å². The third-order valence-electron chi connectivity index (χ3n) is 8.30. The van der Waals surface area contributed by atoms with Crippen molar-refractivity contribution in [2.45, 2.75) is 123 Å². The summed E-state index contributed by atoms with van der Waals surface area (Å²) in [5.74, 6) is 3.79. The van der Waals surface area contributed by atoms with Crippen LogP contribution in [-0.2, 0) is 4.79 Å². The van der Waals surface area contributed by atoms with Gasteiger partial charge in [0.15, 0.2) is 0 Å². The lowest BCUT2D eigenvalue weighted by Crippen LogP contribution is -2.30. The highest BCUT2D eigenvalue weighted by molar-refractivity contribution is 5.75. The molecule has 0 aliphatic heterocycles. The van der Waals surface area contributed by atoms with Gasteiger partial charge in [-0.05, 0) is 68.8 Å². The van der Waals surface area contributed by atoms with Crippen molar-refractivity contribution in [2.75, 3.05) is 6.61 Å². The van der Waals surface area contributed by atoms with Gasteiger partial charge in [-0.15, -0.1) is 0 Å². The summed E-state index contributed by atoms with van der Waals surface area (Å²) in [6.45, 7) is 5.19. The largest absolute Gasteiger partial charge is 0.478 e. The molecule has 0 bridgehead atoms. The molecule has 0 N–H and O–H groups in total. The number of hydrogen-bond donors (Lipinski definition) is 0. The lowest BCUT2D eigenvalue weighted by Gasteiger charge is -2.37. The van der Waals surface area contributed by atoms with Gasteiger partial charge in [0.05, 0.1) is 18.7 Å². The first kappa shape index (κ1) is 27.0. The fraction of sp³-hybridized carbons (Fsp3) is 0.800. The molecular formula is C30H49NO3. The van der Waals surface area contributed by atoms with Crippen molar-refractivity contribution < 1.29 is 14.3 Å². The fourth-order valence-electron chi connectivity index (χ4n) is 6.05. The van der Waals surface area contributed by atoms with E-state index in [9.17, 15) is 4.79 Å². The zero-order valence-electron chi connectivity index (χ0n) is 21.9. The van der Waals surface area contributed by atoms with E-state index < -0.39 is 0 Å². The van der Waals surface area contributed by atoms with Crippen LogP contribution in [0.2, 0.25) is 0 Å². The zero-order valence-corrected chi connectivity index (χ0v) is 21.9. The van der Waals surface area contributed by atoms with Gasteiger partial charge in [0.25, 0.3) is 0 Å². The van der Waals surface area contributed by atoms with E-state index in [4.69, 9.17) is 9.47 Å². The van der Waals surface area contributed by atoms with Crippen LogP contribution in [-0.4, -0.2) is 17.6 Å². The topological polar surface area (TPSA) is 48.4 Å². The number of hydrogen-bond acceptors (Lipinski definition) is 4. The number of esters is 1. The molecular weight excluding hydrogens is 422 g/mol. The molecule has 0 unspecified atom stereocenters. The van der Waals surface area contributed by atoms with Gasteiger partial charge in [0.1, 0.15) is 5.75 Å². The number of rotatable bonds is 14. The molecule has 34 heavy (non-hydrogen) atoms. The van der Waals surface area contributed by atoms with E-state index in [1.807, 2.05) is 0 Å². The van der Waals surface area contributed by atoms with Gasteiger partial charge in [-0.1, -0.05) is 78.1 Å². The van der Waals surface area contributed by atoms with E-state index in [1.165, 1.54) is 89.9 Å². The maximum absolute atomic E-state index is 12.7. The number of carbonyl (C=O) groups excluding carboxylic acids is 1. The van der Waals surface area contributed by atoms with E-state index in [0.717, 1.165) is 37.0 Å². The Bertz CT molecular complexity index is 673. The van der Waals surface area contributed by atoms with Crippen LogP contribution in [0.15, 0.2) is 18.3 Å². The van der Waals surface area contributed by atoms with Gasteiger partial charge < -0.3 is 9.47 Å². The third kappa shape index (κ3) is 9.23. The molecule has 2 saturated carbocycles. The van der Waals surface area contributed by atoms with E-state index in [0.29, 0.717) is 18.2 Å². The van der Waals surface area contributed by atoms with Crippen LogP contribution >= 0.6 is 0 Å². The number of unbranched alkanes of at least 4 members (excludes halogenated alkanes) is 6. The van der Waals surface area contributed by atoms with Crippen LogP contribution in [0.25, 0.3) is 0 Å². The molecule has 1 aromatic heterocycles. The van der Waals surface area contributed by atoms with Crippen molar-refractivity contribution >= 4 is 5.97 Å². The smallest absolute Gasteiger partial charge is 0.314 e. The number of nitrogens with zero attached hydrogens (tertiary/aromatic N) is 1. The van der Waals surface area contributed by atoms with Gasteiger partial charge in [0.2, 0.25) is 5.88 Å². The van der Waals surface area contributed by atoms with E-state index >= 15 is 0 Å². The Morgan fingerprint density at radius 2 is 1.47 bits per heavy atom. The summed E-state index contributed by atoms with van der Waals surface area (Å²) >= 11 is 0. The predicted molar refractivity (Wildman–Crippen MR) is 139 cm³/mol. The molecule has 0 spiro atoms. The molecule has 4 nitrogen and oxygen atoms in total. The molecule has 3 rings (SSSR count). The van der Waals surface area contributed by atoms with Crippen molar-refractivity contribution in [3.8, 4) is 11.6 Å². The summed E-state index contributed by atoms with van der Waals surface area (Å²) in [6.07, 6.45) is 23.4. The molecule has 2 aliphatic rings. The lowest BCUT2D eigenvalue weighted by molar-refractivity contribution is -0.140. The Morgan fingerprint density at radius 3 is 2.09 bits per heavy atom. The summed E-state index contributed by atoms with van der Waals surface area (Å²) in [6, 6.07) is 3.61. The first-order chi connectivity index (χ1) is 16.7. The van der Waals surface area contributed by atoms with Crippen LogP contribution in [0.3, 0.4) is 0 Å². The molecule has 1 heterocycles. The maximum atomic E-state index is 12.7. The van der Waals surface area contributed by atoms with Crippen molar-refractivity contribution in [2.24, 2.45) is 23.7 Å². The van der Waals surface area contributed by atoms with E-state index in [2.05, 4.69) is 18.8 Å². The molecule has 0 saturated heterocycles. The summed E-state index contributed by atoms with van der Waals surface area (Å²) in [5, 5.41) is 0. The minimum atomic E-state index is -0.0794. The van der Waals surface area contributed by atoms with Crippen molar-refractivity contribution in [3.05, 3.63) is 18.3 Å². The molecule has 0 radical (unpaired) electrons. The molecule has 0 aromatic carbocycles. The molecule has 4 heteroatoms. The fourth-order valence-corrected chi connectivity index (χ4v) is 6.05. The van der Waals surface area contributed by atoms with Crippen molar-refractivity contribution in [1.29, 1.82) is 0 Å². The molecule has 2 fully saturated rings. The highest BCUT2D eigenvalue weighted by Gasteiger charge is 2.33. The minimum absolute atomic E-state index is 0.0423. The van der Waals surface area contributed by atoms with Gasteiger partial charge in [0, 0.05) is 6.07 Å². The van der Waals surface area contributed by atoms with E-state index in [1.54, 1.807) is 18.3 Å². The summed E-state index contributed by atoms with van der Waals surface area (Å²) in [5.41, 5.74) is 0. The van der Waals surface area contributed by atoms with Crippen molar-refractivity contribution in [3.63, 3.8) is 0 Å². The second kappa shape index (κ2) is 15.4. The molecule has 2 aliphatic carbocycles. The number of carbonyl (C=O) groups is 1. The minimum Gasteiger partial charge on any atom is -0.478 e. The Morgan fingerprint density at radius 1 is 0.824 bits per heavy atom. The van der Waals surface area contributed by atoms with Gasteiger partial charge in [-0.25, -0.2) is 4.98 Å². The molecule has 1 aromatic rings. The highest BCUT2D eigenvalue weighted by atomic mass is 16.5. The Kier molecular flexibility index (Phi) is 12.3. The molecule has 0 amide bonds. The Balaban J connectivity index is 1.31. The van der Waals surface area contributed by atoms with Gasteiger partial charge in [-0.2, -0.15) is 0 Å². The average molecular weight is 472 g/mol. The van der Waals surface area contributed by atoms with Crippen LogP contribution in [0.1, 0.15) is 123 Å². The number of ether oxygens (including phenoxy) is 2. The van der Waals surface area contributed by atoms with Crippen LogP contribution in [0.5, 0.6) is 11.6 Å². The normalized spacial score (nSPS) is 25.1. The standard InChI is InChI=1S/C30H49NO3/c1-3-5-7-9-11-24-12-14-25(15-13-24)26-16-18-27(19-17-26)30(32)34-28-20-21-29(31-23-28)33-22-10-8-6-4-2/h20-21,23-27H,3-19,22H2,1-2H3/t24-,25-,26-,27-. The van der Waals surface area contributed by atoms with Crippen LogP contribution in [0, 0.1) is 23.7 Å². The first-order valence-electron chi connectivity index (χ1n) is 14.5. The Labute approximate surface area is 208 Å². The molecule has 0 atom stereocenters. The third-order valence-corrected chi connectivity index (χ3v) is 8.30. The van der Waals surface area contributed by atoms with Gasteiger partial charge >= 0.3 is 5.97 Å². The monoisotopic (exact) mass is 471 g/mol. The second-order valence-corrected chi connectivity index (χ2v) is 10.9. The lowest BCUT2D eigenvalue weighted by atomic mass is 9.68. The summed E-state index contributed by atoms with van der Waals surface area (Å²) in [7, 11) is 0. The predicted octanol–water partition coefficient (Wildman–Crippen LogP) is 8.53. The highest BCUT2D eigenvalue weighted by Crippen LogP contribution is 2.42. The number of aromatic nitrogens is 1. The zero-order chi connectivity index (χ0) is 24.0. The number of pyridine rings is 1. The second-order valence-electron chi connectivity index (χ2n) is 10.9. The maximum Gasteiger partial charge on any atom is 0.314 e.